The Labute approximate surface area is 168 Å². The van der Waals surface area contributed by atoms with Gasteiger partial charge in [-0.2, -0.15) is 0 Å². The molecule has 0 radical (unpaired) electrons. The van der Waals surface area contributed by atoms with E-state index < -0.39 is 0 Å². The summed E-state index contributed by atoms with van der Waals surface area (Å²) < 4.78 is 15.9. The standard InChI is InChI=1S/C21H22N2O4S/c1-3-26-18-7-5-16(6-8-18)21-23-17(14-28-21)13-27-20(24)9-4-15-10-19(25-2)12-22-11-15/h5-8,10-12,14H,3-4,9,13H2,1-2H3. The number of benzene rings is 1. The molecule has 2 aromatic heterocycles. The molecule has 0 bridgehead atoms. The number of hydrogen-bond donors (Lipinski definition) is 0. The Morgan fingerprint density at radius 2 is 1.96 bits per heavy atom. The van der Waals surface area contributed by atoms with Crippen molar-refractivity contribution in [3.8, 4) is 22.1 Å². The first-order valence-electron chi connectivity index (χ1n) is 8.99. The van der Waals surface area contributed by atoms with Gasteiger partial charge in [-0.1, -0.05) is 0 Å². The smallest absolute Gasteiger partial charge is 0.306 e. The maximum atomic E-state index is 12.0. The van der Waals surface area contributed by atoms with Gasteiger partial charge < -0.3 is 14.2 Å². The quantitative estimate of drug-likeness (QED) is 0.501. The Bertz CT molecular complexity index is 909. The molecule has 0 aliphatic carbocycles. The Morgan fingerprint density at radius 1 is 1.14 bits per heavy atom. The number of methoxy groups -OCH3 is 1. The van der Waals surface area contributed by atoms with Crippen molar-refractivity contribution in [1.82, 2.24) is 9.97 Å². The maximum absolute atomic E-state index is 12.0. The van der Waals surface area contributed by atoms with Crippen LogP contribution < -0.4 is 9.47 Å². The van der Waals surface area contributed by atoms with Crippen LogP contribution in [0, 0.1) is 0 Å². The van der Waals surface area contributed by atoms with E-state index in [2.05, 4.69) is 9.97 Å². The number of esters is 1. The first kappa shape index (κ1) is 19.8. The molecule has 0 N–H and O–H groups in total. The molecule has 28 heavy (non-hydrogen) atoms. The van der Waals surface area contributed by atoms with Gasteiger partial charge in [-0.3, -0.25) is 9.78 Å². The Balaban J connectivity index is 1.48. The second-order valence-electron chi connectivity index (χ2n) is 6.00. The summed E-state index contributed by atoms with van der Waals surface area (Å²) in [6.45, 7) is 2.76. The molecule has 0 saturated heterocycles. The van der Waals surface area contributed by atoms with Gasteiger partial charge in [0, 0.05) is 23.6 Å². The van der Waals surface area contributed by atoms with Crippen LogP contribution in [0.4, 0.5) is 0 Å². The monoisotopic (exact) mass is 398 g/mol. The summed E-state index contributed by atoms with van der Waals surface area (Å²) in [4.78, 5) is 20.6. The fourth-order valence-electron chi connectivity index (χ4n) is 2.55. The maximum Gasteiger partial charge on any atom is 0.306 e. The lowest BCUT2D eigenvalue weighted by molar-refractivity contribution is -0.145. The lowest BCUT2D eigenvalue weighted by Gasteiger charge is -2.05. The Hall–Kier alpha value is -2.93. The third-order valence-electron chi connectivity index (χ3n) is 3.97. The van der Waals surface area contributed by atoms with E-state index in [9.17, 15) is 4.79 Å². The van der Waals surface area contributed by atoms with Crippen LogP contribution in [0.15, 0.2) is 48.1 Å². The van der Waals surface area contributed by atoms with Gasteiger partial charge in [0.2, 0.25) is 0 Å². The van der Waals surface area contributed by atoms with Crippen LogP contribution in [0.25, 0.3) is 10.6 Å². The third kappa shape index (κ3) is 5.53. The summed E-state index contributed by atoms with van der Waals surface area (Å²) in [5.41, 5.74) is 2.68. The molecule has 0 aliphatic heterocycles. The molecular formula is C21H22N2O4S. The number of aromatic nitrogens is 2. The zero-order valence-electron chi connectivity index (χ0n) is 15.9. The molecule has 2 heterocycles. The van der Waals surface area contributed by atoms with E-state index >= 15 is 0 Å². The molecule has 1 aromatic carbocycles. The van der Waals surface area contributed by atoms with Crippen molar-refractivity contribution in [2.45, 2.75) is 26.4 Å². The highest BCUT2D eigenvalue weighted by Crippen LogP contribution is 2.26. The predicted molar refractivity (Wildman–Crippen MR) is 108 cm³/mol. The number of hydrogen-bond acceptors (Lipinski definition) is 7. The zero-order valence-corrected chi connectivity index (χ0v) is 16.7. The molecule has 0 saturated carbocycles. The highest BCUT2D eigenvalue weighted by atomic mass is 32.1. The van der Waals surface area contributed by atoms with Gasteiger partial charge in [0.25, 0.3) is 0 Å². The molecule has 6 nitrogen and oxygen atoms in total. The minimum absolute atomic E-state index is 0.169. The van der Waals surface area contributed by atoms with Gasteiger partial charge in [0.05, 0.1) is 25.6 Å². The Morgan fingerprint density at radius 3 is 2.71 bits per heavy atom. The van der Waals surface area contributed by atoms with Gasteiger partial charge in [-0.15, -0.1) is 11.3 Å². The van der Waals surface area contributed by atoms with E-state index in [-0.39, 0.29) is 19.0 Å². The fraction of sp³-hybridized carbons (Fsp3) is 0.286. The number of rotatable bonds is 9. The van der Waals surface area contributed by atoms with E-state index in [1.807, 2.05) is 42.6 Å². The minimum Gasteiger partial charge on any atom is -0.495 e. The highest BCUT2D eigenvalue weighted by Gasteiger charge is 2.09. The highest BCUT2D eigenvalue weighted by molar-refractivity contribution is 7.13. The van der Waals surface area contributed by atoms with E-state index in [4.69, 9.17) is 14.2 Å². The van der Waals surface area contributed by atoms with Crippen LogP contribution in [-0.4, -0.2) is 29.7 Å². The van der Waals surface area contributed by atoms with E-state index in [1.165, 1.54) is 11.3 Å². The number of carbonyl (C=O) groups excluding carboxylic acids is 1. The molecular weight excluding hydrogens is 376 g/mol. The van der Waals surface area contributed by atoms with Crippen LogP contribution in [0.5, 0.6) is 11.5 Å². The zero-order chi connectivity index (χ0) is 19.8. The first-order chi connectivity index (χ1) is 13.7. The summed E-state index contributed by atoms with van der Waals surface area (Å²) in [5, 5.41) is 2.79. The molecule has 0 aliphatic rings. The fourth-order valence-corrected chi connectivity index (χ4v) is 3.36. The van der Waals surface area contributed by atoms with Crippen LogP contribution in [0.3, 0.4) is 0 Å². The summed E-state index contributed by atoms with van der Waals surface area (Å²) in [7, 11) is 1.59. The molecule has 0 unspecified atom stereocenters. The third-order valence-corrected chi connectivity index (χ3v) is 4.91. The summed E-state index contributed by atoms with van der Waals surface area (Å²) in [6.07, 6.45) is 4.19. The predicted octanol–water partition coefficient (Wildman–Crippen LogP) is 4.29. The molecule has 146 valence electrons. The number of ether oxygens (including phenoxy) is 3. The number of thiazole rings is 1. The van der Waals surface area contributed by atoms with Crippen molar-refractivity contribution in [1.29, 1.82) is 0 Å². The number of pyridine rings is 1. The number of aryl methyl sites for hydroxylation is 1. The van der Waals surface area contributed by atoms with Gasteiger partial charge >= 0.3 is 5.97 Å². The van der Waals surface area contributed by atoms with Crippen molar-refractivity contribution < 1.29 is 19.0 Å². The van der Waals surface area contributed by atoms with Crippen molar-refractivity contribution in [3.05, 3.63) is 59.4 Å². The molecule has 3 aromatic rings. The van der Waals surface area contributed by atoms with Crippen LogP contribution in [0.1, 0.15) is 24.6 Å². The number of nitrogens with zero attached hydrogens (tertiary/aromatic N) is 2. The van der Waals surface area contributed by atoms with Gasteiger partial charge in [0.15, 0.2) is 0 Å². The number of carbonyl (C=O) groups is 1. The van der Waals surface area contributed by atoms with Crippen LogP contribution in [0.2, 0.25) is 0 Å². The van der Waals surface area contributed by atoms with Crippen molar-refractivity contribution in [3.63, 3.8) is 0 Å². The SMILES string of the molecule is CCOc1ccc(-c2nc(COC(=O)CCc3cncc(OC)c3)cs2)cc1. The van der Waals surface area contributed by atoms with E-state index in [1.54, 1.807) is 19.5 Å². The lowest BCUT2D eigenvalue weighted by Crippen LogP contribution is -2.06. The molecule has 3 rings (SSSR count). The molecule has 7 heteroatoms. The molecule has 0 spiro atoms. The lowest BCUT2D eigenvalue weighted by atomic mass is 10.1. The van der Waals surface area contributed by atoms with Gasteiger partial charge in [-0.25, -0.2) is 4.98 Å². The van der Waals surface area contributed by atoms with Crippen molar-refractivity contribution in [2.75, 3.05) is 13.7 Å². The first-order valence-corrected chi connectivity index (χ1v) is 9.87. The average Bonchev–Trinajstić information content (AvgIpc) is 3.21. The van der Waals surface area contributed by atoms with Crippen LogP contribution in [-0.2, 0) is 22.6 Å². The topological polar surface area (TPSA) is 70.5 Å². The summed E-state index contributed by atoms with van der Waals surface area (Å²) >= 11 is 1.52. The van der Waals surface area contributed by atoms with Crippen molar-refractivity contribution >= 4 is 17.3 Å². The summed E-state index contributed by atoms with van der Waals surface area (Å²) in [6, 6.07) is 9.66. The van der Waals surface area contributed by atoms with Crippen LogP contribution >= 0.6 is 11.3 Å². The minimum atomic E-state index is -0.265. The largest absolute Gasteiger partial charge is 0.495 e. The molecule has 0 amide bonds. The molecule has 0 atom stereocenters. The van der Waals surface area contributed by atoms with E-state index in [0.717, 1.165) is 27.6 Å². The second-order valence-corrected chi connectivity index (χ2v) is 6.85. The van der Waals surface area contributed by atoms with Gasteiger partial charge in [0.1, 0.15) is 23.1 Å². The van der Waals surface area contributed by atoms with E-state index in [0.29, 0.717) is 18.8 Å². The van der Waals surface area contributed by atoms with Crippen molar-refractivity contribution in [2.24, 2.45) is 0 Å². The second kappa shape index (κ2) is 9.85. The summed E-state index contributed by atoms with van der Waals surface area (Å²) in [5.74, 6) is 1.25. The average molecular weight is 398 g/mol. The Kier molecular flexibility index (Phi) is 6.97. The molecule has 0 fully saturated rings. The normalized spacial score (nSPS) is 10.5. The van der Waals surface area contributed by atoms with Gasteiger partial charge in [-0.05, 0) is 49.2 Å².